The molecule has 0 saturated heterocycles. The highest BCUT2D eigenvalue weighted by Gasteiger charge is 2.26. The monoisotopic (exact) mass is 395 g/mol. The normalized spacial score (nSPS) is 15.0. The third kappa shape index (κ3) is 2.82. The van der Waals surface area contributed by atoms with Crippen LogP contribution in [0, 0.1) is 18.6 Å². The number of hydrogen-bond acceptors (Lipinski definition) is 4. The smallest absolute Gasteiger partial charge is 0.251 e. The van der Waals surface area contributed by atoms with Crippen molar-refractivity contribution in [1.29, 1.82) is 0 Å². The van der Waals surface area contributed by atoms with Gasteiger partial charge in [0.2, 0.25) is 0 Å². The lowest BCUT2D eigenvalue weighted by Gasteiger charge is -2.16. The van der Waals surface area contributed by atoms with E-state index in [1.165, 1.54) is 6.07 Å². The van der Waals surface area contributed by atoms with Gasteiger partial charge in [0, 0.05) is 29.3 Å². The molecule has 3 aromatic heterocycles. The molecule has 1 fully saturated rings. The van der Waals surface area contributed by atoms with E-state index < -0.39 is 17.2 Å². The predicted molar refractivity (Wildman–Crippen MR) is 105 cm³/mol. The van der Waals surface area contributed by atoms with Crippen LogP contribution in [0.3, 0.4) is 0 Å². The summed E-state index contributed by atoms with van der Waals surface area (Å²) >= 11 is 0. The average molecular weight is 395 g/mol. The Hall–Kier alpha value is -3.16. The zero-order valence-corrected chi connectivity index (χ0v) is 15.9. The van der Waals surface area contributed by atoms with Gasteiger partial charge < -0.3 is 9.55 Å². The van der Waals surface area contributed by atoms with Gasteiger partial charge in [-0.15, -0.1) is 0 Å². The molecule has 0 bridgehead atoms. The van der Waals surface area contributed by atoms with E-state index >= 15 is 0 Å². The van der Waals surface area contributed by atoms with E-state index in [1.54, 1.807) is 19.3 Å². The summed E-state index contributed by atoms with van der Waals surface area (Å²) in [6.07, 6.45) is 7.58. The van der Waals surface area contributed by atoms with Crippen molar-refractivity contribution >= 4 is 22.2 Å². The minimum Gasteiger partial charge on any atom is -0.319 e. The molecule has 1 aliphatic rings. The fourth-order valence-corrected chi connectivity index (χ4v) is 4.35. The van der Waals surface area contributed by atoms with E-state index in [-0.39, 0.29) is 5.52 Å². The lowest BCUT2D eigenvalue weighted by molar-refractivity contribution is 0.515. The predicted octanol–water partition coefficient (Wildman–Crippen LogP) is 3.96. The number of hydrogen-bond donors (Lipinski definition) is 1. The molecule has 5 rings (SSSR count). The number of benzene rings is 1. The van der Waals surface area contributed by atoms with Gasteiger partial charge in [-0.25, -0.2) is 23.7 Å². The van der Waals surface area contributed by atoms with Gasteiger partial charge in [0.15, 0.2) is 22.9 Å². The molecule has 0 aliphatic heterocycles. The first-order valence-corrected chi connectivity index (χ1v) is 9.71. The van der Waals surface area contributed by atoms with Gasteiger partial charge in [-0.2, -0.15) is 0 Å². The van der Waals surface area contributed by atoms with Gasteiger partial charge in [0.25, 0.3) is 5.56 Å². The molecule has 0 radical (unpaired) electrons. The molecule has 0 spiro atoms. The van der Waals surface area contributed by atoms with E-state index in [0.29, 0.717) is 40.3 Å². The molecular formula is C21H19F2N5O. The number of imidazole rings is 1. The van der Waals surface area contributed by atoms with Crippen LogP contribution in [0.2, 0.25) is 0 Å². The molecule has 3 heterocycles. The van der Waals surface area contributed by atoms with Crippen molar-refractivity contribution in [3.63, 3.8) is 0 Å². The first kappa shape index (κ1) is 17.9. The zero-order chi connectivity index (χ0) is 20.1. The maximum atomic E-state index is 14.4. The van der Waals surface area contributed by atoms with Crippen molar-refractivity contribution in [3.05, 3.63) is 63.5 Å². The first-order chi connectivity index (χ1) is 14.0. The van der Waals surface area contributed by atoms with Gasteiger partial charge in [-0.05, 0) is 37.5 Å². The summed E-state index contributed by atoms with van der Waals surface area (Å²) in [7, 11) is 0. The number of aromatic nitrogens is 5. The topological polar surface area (TPSA) is 76.5 Å². The van der Waals surface area contributed by atoms with E-state index in [4.69, 9.17) is 4.98 Å². The Bertz CT molecular complexity index is 1300. The van der Waals surface area contributed by atoms with E-state index in [9.17, 15) is 13.6 Å². The SMILES string of the molecule is Cc1c(Cn2c(C3CCCC3)nc3nccnc32)c2ccc(F)c(F)c2[nH]c1=O. The van der Waals surface area contributed by atoms with Crippen LogP contribution >= 0.6 is 0 Å². The van der Waals surface area contributed by atoms with Crippen molar-refractivity contribution in [3.8, 4) is 0 Å². The molecule has 1 N–H and O–H groups in total. The van der Waals surface area contributed by atoms with Crippen LogP contribution in [0.4, 0.5) is 8.78 Å². The molecule has 8 heteroatoms. The fraction of sp³-hybridized carbons (Fsp3) is 0.333. The van der Waals surface area contributed by atoms with Crippen LogP contribution < -0.4 is 5.56 Å². The molecule has 0 amide bonds. The maximum Gasteiger partial charge on any atom is 0.251 e. The molecule has 1 aromatic carbocycles. The van der Waals surface area contributed by atoms with Crippen LogP contribution in [0.15, 0.2) is 29.3 Å². The van der Waals surface area contributed by atoms with Crippen molar-refractivity contribution in [2.75, 3.05) is 0 Å². The summed E-state index contributed by atoms with van der Waals surface area (Å²) in [6.45, 7) is 1.98. The summed E-state index contributed by atoms with van der Waals surface area (Å²) in [5.41, 5.74) is 1.73. The standard InChI is InChI=1S/C21H19F2N5O/c1-11-14(13-6-7-15(22)16(23)17(13)26-21(11)29)10-28-19(12-4-2-3-5-12)27-18-20(28)25-9-8-24-18/h6-9,12H,2-5,10H2,1H3,(H,26,29). The van der Waals surface area contributed by atoms with E-state index in [1.807, 2.05) is 4.57 Å². The lowest BCUT2D eigenvalue weighted by atomic mass is 10.0. The Morgan fingerprint density at radius 3 is 2.72 bits per heavy atom. The number of pyridine rings is 1. The highest BCUT2D eigenvalue weighted by Crippen LogP contribution is 2.35. The van der Waals surface area contributed by atoms with Gasteiger partial charge in [-0.1, -0.05) is 12.8 Å². The summed E-state index contributed by atoms with van der Waals surface area (Å²) in [4.78, 5) is 28.4. The number of halogens is 2. The fourth-order valence-electron chi connectivity index (χ4n) is 4.35. The number of aromatic amines is 1. The maximum absolute atomic E-state index is 14.4. The number of fused-ring (bicyclic) bond motifs is 2. The van der Waals surface area contributed by atoms with Crippen LogP contribution in [0.25, 0.3) is 22.2 Å². The Morgan fingerprint density at radius 2 is 1.93 bits per heavy atom. The van der Waals surface area contributed by atoms with Crippen molar-refractivity contribution < 1.29 is 8.78 Å². The first-order valence-electron chi connectivity index (χ1n) is 9.71. The van der Waals surface area contributed by atoms with Crippen molar-refractivity contribution in [2.24, 2.45) is 0 Å². The molecule has 4 aromatic rings. The average Bonchev–Trinajstić information content (AvgIpc) is 3.37. The Morgan fingerprint density at radius 1 is 1.17 bits per heavy atom. The van der Waals surface area contributed by atoms with Gasteiger partial charge in [-0.3, -0.25) is 4.79 Å². The van der Waals surface area contributed by atoms with Crippen LogP contribution in [-0.4, -0.2) is 24.5 Å². The van der Waals surface area contributed by atoms with E-state index in [0.717, 1.165) is 37.6 Å². The molecular weight excluding hydrogens is 376 g/mol. The molecule has 29 heavy (non-hydrogen) atoms. The second-order valence-electron chi connectivity index (χ2n) is 7.58. The van der Waals surface area contributed by atoms with E-state index in [2.05, 4.69) is 15.0 Å². The second-order valence-corrected chi connectivity index (χ2v) is 7.58. The quantitative estimate of drug-likeness (QED) is 0.570. The molecule has 0 atom stereocenters. The zero-order valence-electron chi connectivity index (χ0n) is 15.9. The third-order valence-corrected chi connectivity index (χ3v) is 5.90. The Labute approximate surface area is 164 Å². The molecule has 0 unspecified atom stereocenters. The molecule has 148 valence electrons. The summed E-state index contributed by atoms with van der Waals surface area (Å²) in [5.74, 6) is -0.853. The Balaban J connectivity index is 1.75. The minimum atomic E-state index is -1.05. The third-order valence-electron chi connectivity index (χ3n) is 5.90. The van der Waals surface area contributed by atoms with Crippen molar-refractivity contribution in [2.45, 2.75) is 45.1 Å². The summed E-state index contributed by atoms with van der Waals surface area (Å²) in [5, 5.41) is 0.476. The van der Waals surface area contributed by atoms with Crippen LogP contribution in [-0.2, 0) is 6.54 Å². The lowest BCUT2D eigenvalue weighted by Crippen LogP contribution is -2.17. The van der Waals surface area contributed by atoms with Gasteiger partial charge >= 0.3 is 0 Å². The van der Waals surface area contributed by atoms with Crippen LogP contribution in [0.1, 0.15) is 48.6 Å². The van der Waals surface area contributed by atoms with Gasteiger partial charge in [0.1, 0.15) is 5.82 Å². The minimum absolute atomic E-state index is 0.117. The number of nitrogens with zero attached hydrogens (tertiary/aromatic N) is 4. The molecule has 1 aliphatic carbocycles. The largest absolute Gasteiger partial charge is 0.319 e. The van der Waals surface area contributed by atoms with Crippen LogP contribution in [0.5, 0.6) is 0 Å². The number of rotatable bonds is 3. The number of H-pyrrole nitrogens is 1. The van der Waals surface area contributed by atoms with Gasteiger partial charge in [0.05, 0.1) is 12.1 Å². The van der Waals surface area contributed by atoms with Crippen molar-refractivity contribution in [1.82, 2.24) is 24.5 Å². The second kappa shape index (κ2) is 6.72. The highest BCUT2D eigenvalue weighted by molar-refractivity contribution is 5.84. The number of nitrogens with one attached hydrogen (secondary N) is 1. The summed E-state index contributed by atoms with van der Waals surface area (Å²) in [6, 6.07) is 2.59. The molecule has 1 saturated carbocycles. The Kier molecular flexibility index (Phi) is 4.15. The molecule has 6 nitrogen and oxygen atoms in total. The summed E-state index contributed by atoms with van der Waals surface area (Å²) < 4.78 is 30.1. The highest BCUT2D eigenvalue weighted by atomic mass is 19.2.